The molecule has 0 bridgehead atoms. The second kappa shape index (κ2) is 7.92. The molecule has 0 aliphatic rings. The fourth-order valence-corrected chi connectivity index (χ4v) is 2.34. The van der Waals surface area contributed by atoms with Crippen LogP contribution < -0.4 is 5.32 Å². The summed E-state index contributed by atoms with van der Waals surface area (Å²) in [5.74, 6) is -0.0917. The van der Waals surface area contributed by atoms with Crippen molar-refractivity contribution in [1.29, 1.82) is 0 Å². The van der Waals surface area contributed by atoms with Crippen LogP contribution >= 0.6 is 0 Å². The first kappa shape index (κ1) is 17.2. The number of aromatic nitrogens is 2. The van der Waals surface area contributed by atoms with E-state index in [4.69, 9.17) is 4.74 Å². The largest absolute Gasteiger partial charge is 0.379 e. The van der Waals surface area contributed by atoms with E-state index in [9.17, 15) is 4.79 Å². The third-order valence-electron chi connectivity index (χ3n) is 3.56. The van der Waals surface area contributed by atoms with E-state index in [1.54, 1.807) is 10.9 Å². The molecule has 0 atom stereocenters. The molecule has 1 aromatic heterocycles. The van der Waals surface area contributed by atoms with Crippen LogP contribution in [0.2, 0.25) is 0 Å². The first-order valence-electron chi connectivity index (χ1n) is 8.00. The van der Waals surface area contributed by atoms with Crippen LogP contribution in [0.1, 0.15) is 41.9 Å². The van der Waals surface area contributed by atoms with Gasteiger partial charge in [-0.05, 0) is 51.8 Å². The zero-order valence-corrected chi connectivity index (χ0v) is 14.3. The number of carbonyl (C=O) groups excluding carboxylic acids is 1. The quantitative estimate of drug-likeness (QED) is 0.799. The van der Waals surface area contributed by atoms with Gasteiger partial charge >= 0.3 is 0 Å². The highest BCUT2D eigenvalue weighted by molar-refractivity contribution is 5.95. The lowest BCUT2D eigenvalue weighted by atomic mass is 10.2. The molecule has 5 nitrogen and oxygen atoms in total. The molecule has 0 unspecified atom stereocenters. The van der Waals surface area contributed by atoms with Crippen molar-refractivity contribution in [2.24, 2.45) is 0 Å². The molecular weight excluding hydrogens is 290 g/mol. The van der Waals surface area contributed by atoms with Crippen LogP contribution in [0.3, 0.4) is 0 Å². The van der Waals surface area contributed by atoms with Crippen LogP contribution in [0.4, 0.5) is 0 Å². The molecule has 0 spiro atoms. The highest BCUT2D eigenvalue weighted by Gasteiger charge is 2.14. The third kappa shape index (κ3) is 4.66. The molecule has 2 aromatic rings. The Morgan fingerprint density at radius 3 is 2.83 bits per heavy atom. The van der Waals surface area contributed by atoms with E-state index in [0.717, 1.165) is 23.4 Å². The zero-order valence-electron chi connectivity index (χ0n) is 14.3. The van der Waals surface area contributed by atoms with Crippen molar-refractivity contribution in [1.82, 2.24) is 15.1 Å². The topological polar surface area (TPSA) is 56.2 Å². The van der Waals surface area contributed by atoms with E-state index >= 15 is 0 Å². The Labute approximate surface area is 137 Å². The van der Waals surface area contributed by atoms with Gasteiger partial charge < -0.3 is 10.1 Å². The Hall–Kier alpha value is -2.14. The van der Waals surface area contributed by atoms with E-state index in [1.165, 1.54) is 0 Å². The number of amides is 1. The van der Waals surface area contributed by atoms with Crippen molar-refractivity contribution in [3.05, 3.63) is 47.3 Å². The normalized spacial score (nSPS) is 11.0. The molecule has 0 saturated carbocycles. The Kier molecular flexibility index (Phi) is 5.93. The van der Waals surface area contributed by atoms with Crippen LogP contribution in [0.5, 0.6) is 0 Å². The van der Waals surface area contributed by atoms with Crippen molar-refractivity contribution in [3.63, 3.8) is 0 Å². The molecule has 1 amide bonds. The average Bonchev–Trinajstić information content (AvgIpc) is 2.88. The fraction of sp³-hybridized carbons (Fsp3) is 0.444. The Balaban J connectivity index is 1.97. The first-order chi connectivity index (χ1) is 11.0. The SMILES string of the molecule is Cc1cccc(-n2ncc(C(=O)NCCCOC(C)C)c2C)c1. The molecule has 0 aliphatic carbocycles. The van der Waals surface area contributed by atoms with Crippen molar-refractivity contribution in [2.45, 2.75) is 40.2 Å². The van der Waals surface area contributed by atoms with E-state index in [1.807, 2.05) is 52.0 Å². The molecule has 1 heterocycles. The number of nitrogens with one attached hydrogen (secondary N) is 1. The number of hydrogen-bond donors (Lipinski definition) is 1. The Bertz CT molecular complexity index is 662. The minimum Gasteiger partial charge on any atom is -0.379 e. The number of aryl methyl sites for hydroxylation is 1. The molecular formula is C18H25N3O2. The molecule has 5 heteroatoms. The van der Waals surface area contributed by atoms with Gasteiger partial charge in [0.25, 0.3) is 5.91 Å². The van der Waals surface area contributed by atoms with Gasteiger partial charge in [-0.3, -0.25) is 4.79 Å². The Morgan fingerprint density at radius 1 is 1.35 bits per heavy atom. The van der Waals surface area contributed by atoms with Crippen LogP contribution in [0, 0.1) is 13.8 Å². The molecule has 0 radical (unpaired) electrons. The maximum atomic E-state index is 12.3. The lowest BCUT2D eigenvalue weighted by Gasteiger charge is -2.09. The highest BCUT2D eigenvalue weighted by Crippen LogP contribution is 2.15. The molecule has 124 valence electrons. The smallest absolute Gasteiger partial charge is 0.254 e. The second-order valence-corrected chi connectivity index (χ2v) is 5.92. The van der Waals surface area contributed by atoms with Gasteiger partial charge in [-0.1, -0.05) is 12.1 Å². The summed E-state index contributed by atoms with van der Waals surface area (Å²) in [6.07, 6.45) is 2.65. The third-order valence-corrected chi connectivity index (χ3v) is 3.56. The minimum absolute atomic E-state index is 0.0917. The molecule has 0 aliphatic heterocycles. The summed E-state index contributed by atoms with van der Waals surface area (Å²) in [5.41, 5.74) is 3.57. The standard InChI is InChI=1S/C18H25N3O2/c1-13(2)23-10-6-9-19-18(22)17-12-20-21(15(17)4)16-8-5-7-14(3)11-16/h5,7-8,11-13H,6,9-10H2,1-4H3,(H,19,22). The van der Waals surface area contributed by atoms with E-state index in [-0.39, 0.29) is 12.0 Å². The molecule has 1 N–H and O–H groups in total. The van der Waals surface area contributed by atoms with Crippen molar-refractivity contribution >= 4 is 5.91 Å². The summed E-state index contributed by atoms with van der Waals surface area (Å²) in [5, 5.41) is 7.26. The van der Waals surface area contributed by atoms with Crippen molar-refractivity contribution < 1.29 is 9.53 Å². The van der Waals surface area contributed by atoms with Gasteiger partial charge in [0.15, 0.2) is 0 Å². The van der Waals surface area contributed by atoms with Crippen LogP contribution in [-0.2, 0) is 4.74 Å². The van der Waals surface area contributed by atoms with Crippen molar-refractivity contribution in [2.75, 3.05) is 13.2 Å². The van der Waals surface area contributed by atoms with Crippen molar-refractivity contribution in [3.8, 4) is 5.69 Å². The number of ether oxygens (including phenoxy) is 1. The summed E-state index contributed by atoms with van der Waals surface area (Å²) < 4.78 is 7.25. The monoisotopic (exact) mass is 315 g/mol. The van der Waals surface area contributed by atoms with Gasteiger partial charge in [-0.2, -0.15) is 5.10 Å². The molecule has 2 rings (SSSR count). The number of hydrogen-bond acceptors (Lipinski definition) is 3. The second-order valence-electron chi connectivity index (χ2n) is 5.92. The summed E-state index contributed by atoms with van der Waals surface area (Å²) in [6, 6.07) is 8.05. The van der Waals surface area contributed by atoms with Gasteiger partial charge in [0.1, 0.15) is 0 Å². The van der Waals surface area contributed by atoms with Gasteiger partial charge in [-0.15, -0.1) is 0 Å². The van der Waals surface area contributed by atoms with Crippen LogP contribution in [0.15, 0.2) is 30.5 Å². The van der Waals surface area contributed by atoms with E-state index < -0.39 is 0 Å². The van der Waals surface area contributed by atoms with Gasteiger partial charge in [-0.25, -0.2) is 4.68 Å². The minimum atomic E-state index is -0.0917. The number of rotatable bonds is 7. The predicted molar refractivity (Wildman–Crippen MR) is 91.1 cm³/mol. The Morgan fingerprint density at radius 2 is 2.13 bits per heavy atom. The molecule has 0 fully saturated rings. The summed E-state index contributed by atoms with van der Waals surface area (Å²) in [6.45, 7) is 9.20. The maximum Gasteiger partial charge on any atom is 0.254 e. The number of carbonyl (C=O) groups is 1. The number of benzene rings is 1. The summed E-state index contributed by atoms with van der Waals surface area (Å²) >= 11 is 0. The highest BCUT2D eigenvalue weighted by atomic mass is 16.5. The summed E-state index contributed by atoms with van der Waals surface area (Å²) in [4.78, 5) is 12.3. The van der Waals surface area contributed by atoms with Gasteiger partial charge in [0.05, 0.1) is 29.2 Å². The molecule has 1 aromatic carbocycles. The lowest BCUT2D eigenvalue weighted by molar-refractivity contribution is 0.0757. The van der Waals surface area contributed by atoms with E-state index in [0.29, 0.717) is 18.7 Å². The van der Waals surface area contributed by atoms with Crippen LogP contribution in [0.25, 0.3) is 5.69 Å². The first-order valence-corrected chi connectivity index (χ1v) is 8.00. The molecule has 23 heavy (non-hydrogen) atoms. The average molecular weight is 315 g/mol. The summed E-state index contributed by atoms with van der Waals surface area (Å²) in [7, 11) is 0. The van der Waals surface area contributed by atoms with Crippen LogP contribution in [-0.4, -0.2) is 34.9 Å². The van der Waals surface area contributed by atoms with Gasteiger partial charge in [0.2, 0.25) is 0 Å². The van der Waals surface area contributed by atoms with E-state index in [2.05, 4.69) is 10.4 Å². The fourth-order valence-electron chi connectivity index (χ4n) is 2.34. The predicted octanol–water partition coefficient (Wildman–Crippen LogP) is 3.03. The van der Waals surface area contributed by atoms with Gasteiger partial charge in [0, 0.05) is 13.2 Å². The zero-order chi connectivity index (χ0) is 16.8. The lowest BCUT2D eigenvalue weighted by Crippen LogP contribution is -2.26. The number of nitrogens with zero attached hydrogens (tertiary/aromatic N) is 2. The molecule has 0 saturated heterocycles. The maximum absolute atomic E-state index is 12.3.